The number of ether oxygens (including phenoxy) is 4. The minimum atomic E-state index is -0.848. The number of hydrogen-bond acceptors (Lipinski definition) is 6. The normalized spacial score (nSPS) is 24.5. The first-order valence-electron chi connectivity index (χ1n) is 9.93. The van der Waals surface area contributed by atoms with Crippen molar-refractivity contribution >= 4 is 11.9 Å². The average molecular weight is 414 g/mol. The lowest BCUT2D eigenvalue weighted by molar-refractivity contribution is 0.00118. The summed E-state index contributed by atoms with van der Waals surface area (Å²) in [5.74, 6) is -1.20. The first kappa shape index (κ1) is 22.2. The molecule has 0 aromatic heterocycles. The smallest absolute Gasteiger partial charge is 0.339 e. The van der Waals surface area contributed by atoms with Crippen LogP contribution in [0.15, 0.2) is 36.4 Å². The van der Waals surface area contributed by atoms with E-state index >= 15 is 0 Å². The zero-order valence-electron chi connectivity index (χ0n) is 18.9. The van der Waals surface area contributed by atoms with Crippen molar-refractivity contribution in [1.29, 1.82) is 0 Å². The molecular formula is C24H30O6. The van der Waals surface area contributed by atoms with Gasteiger partial charge in [-0.3, -0.25) is 0 Å². The minimum absolute atomic E-state index is 0.134. The van der Waals surface area contributed by atoms with Crippen LogP contribution in [-0.2, 0) is 30.1 Å². The van der Waals surface area contributed by atoms with Crippen molar-refractivity contribution in [2.24, 2.45) is 0 Å². The van der Waals surface area contributed by atoms with E-state index in [0.29, 0.717) is 0 Å². The van der Waals surface area contributed by atoms with Gasteiger partial charge in [-0.25, -0.2) is 9.59 Å². The molecule has 30 heavy (non-hydrogen) atoms. The van der Waals surface area contributed by atoms with E-state index in [4.69, 9.17) is 18.9 Å². The fourth-order valence-electron chi connectivity index (χ4n) is 3.71. The van der Waals surface area contributed by atoms with Crippen LogP contribution in [0.25, 0.3) is 0 Å². The predicted octanol–water partition coefficient (Wildman–Crippen LogP) is 4.42. The molecule has 0 spiro atoms. The van der Waals surface area contributed by atoms with Crippen LogP contribution in [0, 0.1) is 0 Å². The van der Waals surface area contributed by atoms with Crippen LogP contribution in [0.4, 0.5) is 0 Å². The minimum Gasteiger partial charge on any atom is -0.456 e. The van der Waals surface area contributed by atoms with E-state index in [0.717, 1.165) is 11.1 Å². The molecule has 4 rings (SSSR count). The van der Waals surface area contributed by atoms with Gasteiger partial charge in [0.15, 0.2) is 0 Å². The SMILES string of the molecule is COC12C=CC(OC)(C=C1)c1cc(C(=O)OC(C)(C)C)c(C(=O)OC(C)(C)C)cc12. The highest BCUT2D eigenvalue weighted by Gasteiger charge is 2.47. The Balaban J connectivity index is 2.24. The number of carbonyl (C=O) groups is 2. The van der Waals surface area contributed by atoms with E-state index in [1.807, 2.05) is 24.3 Å². The lowest BCUT2D eigenvalue weighted by atomic mass is 9.69. The Hall–Kier alpha value is -2.44. The predicted molar refractivity (Wildman–Crippen MR) is 112 cm³/mol. The molecule has 0 saturated heterocycles. The largest absolute Gasteiger partial charge is 0.456 e. The number of carbonyl (C=O) groups excluding carboxylic acids is 2. The van der Waals surface area contributed by atoms with Crippen molar-refractivity contribution in [2.45, 2.75) is 63.9 Å². The number of hydrogen-bond donors (Lipinski definition) is 0. The van der Waals surface area contributed by atoms with Crippen LogP contribution in [-0.4, -0.2) is 37.4 Å². The Kier molecular flexibility index (Phi) is 5.24. The zero-order valence-corrected chi connectivity index (χ0v) is 18.9. The van der Waals surface area contributed by atoms with Crippen molar-refractivity contribution < 1.29 is 28.5 Å². The first-order valence-corrected chi connectivity index (χ1v) is 9.93. The van der Waals surface area contributed by atoms with Crippen molar-refractivity contribution in [3.05, 3.63) is 58.7 Å². The van der Waals surface area contributed by atoms with Crippen LogP contribution in [0.5, 0.6) is 0 Å². The van der Waals surface area contributed by atoms with E-state index in [9.17, 15) is 9.59 Å². The summed E-state index contributed by atoms with van der Waals surface area (Å²) in [7, 11) is 3.19. The van der Waals surface area contributed by atoms with E-state index < -0.39 is 34.3 Å². The molecule has 1 aromatic carbocycles. The molecule has 0 saturated carbocycles. The maximum atomic E-state index is 13.0. The maximum Gasteiger partial charge on any atom is 0.339 e. The summed E-state index contributed by atoms with van der Waals surface area (Å²) in [6, 6.07) is 3.32. The molecule has 1 aromatic rings. The van der Waals surface area contributed by atoms with Gasteiger partial charge in [-0.05, 0) is 89.1 Å². The summed E-state index contributed by atoms with van der Waals surface area (Å²) in [5, 5.41) is 0. The third-order valence-electron chi connectivity index (χ3n) is 5.07. The Bertz CT molecular complexity index is 851. The van der Waals surface area contributed by atoms with Gasteiger partial charge in [0, 0.05) is 14.2 Å². The van der Waals surface area contributed by atoms with Gasteiger partial charge in [-0.1, -0.05) is 0 Å². The fraction of sp³-hybridized carbons (Fsp3) is 0.500. The summed E-state index contributed by atoms with van der Waals surface area (Å²) in [6.45, 7) is 10.7. The average Bonchev–Trinajstić information content (AvgIpc) is 2.65. The number of esters is 2. The molecule has 6 nitrogen and oxygen atoms in total. The standard InChI is InChI=1S/C24H30O6/c1-21(2,3)29-19(25)15-13-17-18(14-16(15)20(26)30-22(4,5)6)24(28-8)11-9-23(17,27-7)10-12-24/h9-14H,1-8H3. The summed E-state index contributed by atoms with van der Waals surface area (Å²) in [6.07, 6.45) is 7.57. The lowest BCUT2D eigenvalue weighted by Crippen LogP contribution is -2.42. The van der Waals surface area contributed by atoms with Gasteiger partial charge in [0.1, 0.15) is 22.4 Å². The second-order valence-electron chi connectivity index (χ2n) is 9.61. The number of methoxy groups -OCH3 is 2. The zero-order chi connectivity index (χ0) is 22.5. The van der Waals surface area contributed by atoms with Crippen LogP contribution < -0.4 is 0 Å². The van der Waals surface area contributed by atoms with Gasteiger partial charge in [0.25, 0.3) is 0 Å². The molecule has 3 aliphatic carbocycles. The van der Waals surface area contributed by atoms with Crippen LogP contribution >= 0.6 is 0 Å². The van der Waals surface area contributed by atoms with Gasteiger partial charge in [-0.2, -0.15) is 0 Å². The molecule has 6 heteroatoms. The Morgan fingerprint density at radius 3 is 1.20 bits per heavy atom. The number of benzene rings is 1. The molecule has 162 valence electrons. The molecule has 3 aliphatic rings. The van der Waals surface area contributed by atoms with Gasteiger partial charge in [-0.15, -0.1) is 0 Å². The van der Waals surface area contributed by atoms with Gasteiger partial charge >= 0.3 is 11.9 Å². The van der Waals surface area contributed by atoms with Gasteiger partial charge in [0.05, 0.1) is 11.1 Å². The third-order valence-corrected chi connectivity index (χ3v) is 5.07. The molecule has 0 amide bonds. The van der Waals surface area contributed by atoms with Crippen molar-refractivity contribution in [1.82, 2.24) is 0 Å². The molecule has 0 aliphatic heterocycles. The molecule has 2 bridgehead atoms. The molecule has 0 heterocycles. The highest BCUT2D eigenvalue weighted by atomic mass is 16.6. The molecule has 0 radical (unpaired) electrons. The third kappa shape index (κ3) is 3.82. The molecule has 0 fully saturated rings. The number of rotatable bonds is 4. The molecule has 0 unspecified atom stereocenters. The highest BCUT2D eigenvalue weighted by Crippen LogP contribution is 2.49. The van der Waals surface area contributed by atoms with E-state index in [1.165, 1.54) is 0 Å². The maximum absolute atomic E-state index is 13.0. The Morgan fingerprint density at radius 1 is 0.667 bits per heavy atom. The topological polar surface area (TPSA) is 71.1 Å². The lowest BCUT2D eigenvalue weighted by Gasteiger charge is -2.44. The van der Waals surface area contributed by atoms with Crippen LogP contribution in [0.1, 0.15) is 73.4 Å². The fourth-order valence-corrected chi connectivity index (χ4v) is 3.71. The first-order chi connectivity index (χ1) is 13.8. The molecule has 0 atom stereocenters. The van der Waals surface area contributed by atoms with Crippen LogP contribution in [0.3, 0.4) is 0 Å². The van der Waals surface area contributed by atoms with E-state index in [2.05, 4.69) is 0 Å². The Labute approximate surface area is 177 Å². The van der Waals surface area contributed by atoms with E-state index in [1.54, 1.807) is 67.9 Å². The van der Waals surface area contributed by atoms with Crippen molar-refractivity contribution in [3.63, 3.8) is 0 Å². The molecule has 0 N–H and O–H groups in total. The quantitative estimate of drug-likeness (QED) is 0.537. The summed E-state index contributed by atoms with van der Waals surface area (Å²) in [5.41, 5.74) is -1.41. The monoisotopic (exact) mass is 414 g/mol. The van der Waals surface area contributed by atoms with Gasteiger partial charge < -0.3 is 18.9 Å². The summed E-state index contributed by atoms with van der Waals surface area (Å²) >= 11 is 0. The molecular weight excluding hydrogens is 384 g/mol. The summed E-state index contributed by atoms with van der Waals surface area (Å²) in [4.78, 5) is 26.1. The summed E-state index contributed by atoms with van der Waals surface area (Å²) < 4.78 is 22.8. The second-order valence-corrected chi connectivity index (χ2v) is 9.61. The second kappa shape index (κ2) is 7.06. The van der Waals surface area contributed by atoms with Gasteiger partial charge in [0.2, 0.25) is 0 Å². The van der Waals surface area contributed by atoms with Crippen molar-refractivity contribution in [3.8, 4) is 0 Å². The Morgan fingerprint density at radius 2 is 0.967 bits per heavy atom. The van der Waals surface area contributed by atoms with E-state index in [-0.39, 0.29) is 11.1 Å². The highest BCUT2D eigenvalue weighted by molar-refractivity contribution is 6.04. The van der Waals surface area contributed by atoms with Crippen LogP contribution in [0.2, 0.25) is 0 Å². The van der Waals surface area contributed by atoms with Crippen molar-refractivity contribution in [2.75, 3.05) is 14.2 Å².